The summed E-state index contributed by atoms with van der Waals surface area (Å²) in [5, 5.41) is 4.38. The monoisotopic (exact) mass is 313 g/mol. The minimum absolute atomic E-state index is 0.0584. The first kappa shape index (κ1) is 14.9. The van der Waals surface area contributed by atoms with E-state index in [0.717, 1.165) is 16.8 Å². The smallest absolute Gasteiger partial charge is 0.263 e. The van der Waals surface area contributed by atoms with Crippen molar-refractivity contribution >= 4 is 27.4 Å². The number of aryl methyl sites for hydroxylation is 3. The van der Waals surface area contributed by atoms with E-state index in [0.29, 0.717) is 5.82 Å². The van der Waals surface area contributed by atoms with Crippen molar-refractivity contribution < 1.29 is 8.42 Å². The van der Waals surface area contributed by atoms with Gasteiger partial charge in [-0.05, 0) is 38.5 Å². The molecule has 0 aliphatic carbocycles. The summed E-state index contributed by atoms with van der Waals surface area (Å²) in [6.45, 7) is 5.49. The molecule has 5 nitrogen and oxygen atoms in total. The van der Waals surface area contributed by atoms with Crippen LogP contribution < -0.4 is 4.72 Å². The van der Waals surface area contributed by atoms with Crippen molar-refractivity contribution in [3.63, 3.8) is 0 Å². The Kier molecular flexibility index (Phi) is 3.80. The number of hydrogen-bond donors (Lipinski definition) is 1. The van der Waals surface area contributed by atoms with Crippen LogP contribution in [0.2, 0.25) is 5.02 Å². The Labute approximate surface area is 123 Å². The fourth-order valence-electron chi connectivity index (χ4n) is 1.91. The highest BCUT2D eigenvalue weighted by molar-refractivity contribution is 7.92. The van der Waals surface area contributed by atoms with Gasteiger partial charge in [0.15, 0.2) is 0 Å². The van der Waals surface area contributed by atoms with Crippen molar-refractivity contribution in [3.8, 4) is 0 Å². The number of nitrogens with one attached hydrogen (secondary N) is 1. The summed E-state index contributed by atoms with van der Waals surface area (Å²) in [4.78, 5) is 0.0584. The largest absolute Gasteiger partial charge is 0.264 e. The van der Waals surface area contributed by atoms with Gasteiger partial charge in [-0.2, -0.15) is 5.10 Å². The Balaban J connectivity index is 2.46. The summed E-state index contributed by atoms with van der Waals surface area (Å²) in [5.41, 5.74) is 2.47. The number of rotatable bonds is 3. The fourth-order valence-corrected chi connectivity index (χ4v) is 3.67. The maximum Gasteiger partial charge on any atom is 0.264 e. The summed E-state index contributed by atoms with van der Waals surface area (Å²) in [6.07, 6.45) is 0. The molecule has 0 amide bonds. The highest BCUT2D eigenvalue weighted by Crippen LogP contribution is 2.26. The predicted molar refractivity (Wildman–Crippen MR) is 79.7 cm³/mol. The van der Waals surface area contributed by atoms with Crippen molar-refractivity contribution in [1.29, 1.82) is 0 Å². The lowest BCUT2D eigenvalue weighted by Crippen LogP contribution is -2.16. The van der Waals surface area contributed by atoms with E-state index in [-0.39, 0.29) is 9.92 Å². The minimum Gasteiger partial charge on any atom is -0.263 e. The second-order valence-corrected chi connectivity index (χ2v) is 6.78. The molecule has 0 saturated carbocycles. The minimum atomic E-state index is -3.74. The molecule has 2 aromatic rings. The molecule has 1 heterocycles. The molecular formula is C13H16ClN3O2S. The topological polar surface area (TPSA) is 64.0 Å². The molecule has 1 aromatic heterocycles. The zero-order valence-electron chi connectivity index (χ0n) is 11.7. The van der Waals surface area contributed by atoms with E-state index in [1.807, 2.05) is 20.8 Å². The van der Waals surface area contributed by atoms with Gasteiger partial charge in [0.1, 0.15) is 10.7 Å². The predicted octanol–water partition coefficient (Wildman–Crippen LogP) is 2.80. The van der Waals surface area contributed by atoms with Crippen LogP contribution in [0.15, 0.2) is 23.1 Å². The molecule has 20 heavy (non-hydrogen) atoms. The van der Waals surface area contributed by atoms with Crippen LogP contribution >= 0.6 is 11.6 Å². The van der Waals surface area contributed by atoms with E-state index in [1.54, 1.807) is 19.2 Å². The molecule has 1 aromatic carbocycles. The Morgan fingerprint density at radius 3 is 2.40 bits per heavy atom. The highest BCUT2D eigenvalue weighted by Gasteiger charge is 2.21. The van der Waals surface area contributed by atoms with Gasteiger partial charge in [-0.1, -0.05) is 17.7 Å². The van der Waals surface area contributed by atoms with Crippen molar-refractivity contribution in [3.05, 3.63) is 40.0 Å². The second kappa shape index (κ2) is 5.10. The summed E-state index contributed by atoms with van der Waals surface area (Å²) < 4.78 is 28.9. The standard InChI is InChI=1S/C13H16ClN3O2S/c1-8-5-6-12(11(14)7-8)20(18,19)16-13-9(2)10(3)15-17(13)4/h5-7,16H,1-4H3. The first-order chi connectivity index (χ1) is 9.22. The Hall–Kier alpha value is -1.53. The van der Waals surface area contributed by atoms with Crippen LogP contribution in [0.5, 0.6) is 0 Å². The molecule has 0 bridgehead atoms. The van der Waals surface area contributed by atoms with Gasteiger partial charge in [0.2, 0.25) is 0 Å². The van der Waals surface area contributed by atoms with Crippen LogP contribution in [0.4, 0.5) is 5.82 Å². The van der Waals surface area contributed by atoms with E-state index in [9.17, 15) is 8.42 Å². The van der Waals surface area contributed by atoms with Gasteiger partial charge in [-0.15, -0.1) is 0 Å². The molecule has 108 valence electrons. The molecule has 0 aliphatic heterocycles. The van der Waals surface area contributed by atoms with Crippen LogP contribution in [0.3, 0.4) is 0 Å². The SMILES string of the molecule is Cc1ccc(S(=O)(=O)Nc2c(C)c(C)nn2C)c(Cl)c1. The van der Waals surface area contributed by atoms with Crippen LogP contribution in [-0.4, -0.2) is 18.2 Å². The first-order valence-electron chi connectivity index (χ1n) is 6.01. The highest BCUT2D eigenvalue weighted by atomic mass is 35.5. The maximum absolute atomic E-state index is 12.4. The summed E-state index contributed by atoms with van der Waals surface area (Å²) >= 11 is 6.02. The van der Waals surface area contributed by atoms with Gasteiger partial charge < -0.3 is 0 Å². The van der Waals surface area contributed by atoms with Gasteiger partial charge in [0.25, 0.3) is 10.0 Å². The average molecular weight is 314 g/mol. The second-order valence-electron chi connectivity index (χ2n) is 4.72. The third-order valence-corrected chi connectivity index (χ3v) is 4.95. The van der Waals surface area contributed by atoms with Gasteiger partial charge in [-0.25, -0.2) is 8.42 Å². The van der Waals surface area contributed by atoms with E-state index in [4.69, 9.17) is 11.6 Å². The third-order valence-electron chi connectivity index (χ3n) is 3.13. The van der Waals surface area contributed by atoms with Gasteiger partial charge in [0, 0.05) is 12.6 Å². The number of aromatic nitrogens is 2. The Morgan fingerprint density at radius 1 is 1.25 bits per heavy atom. The van der Waals surface area contributed by atoms with Gasteiger partial charge in [0.05, 0.1) is 10.7 Å². The zero-order valence-corrected chi connectivity index (χ0v) is 13.3. The van der Waals surface area contributed by atoms with Gasteiger partial charge >= 0.3 is 0 Å². The summed E-state index contributed by atoms with van der Waals surface area (Å²) in [5.74, 6) is 0.444. The molecule has 0 saturated heterocycles. The van der Waals surface area contributed by atoms with Crippen LogP contribution in [0.1, 0.15) is 16.8 Å². The number of hydrogen-bond acceptors (Lipinski definition) is 3. The molecule has 7 heteroatoms. The normalized spacial score (nSPS) is 11.7. The van der Waals surface area contributed by atoms with Crippen LogP contribution in [0.25, 0.3) is 0 Å². The molecule has 1 N–H and O–H groups in total. The van der Waals surface area contributed by atoms with Gasteiger partial charge in [-0.3, -0.25) is 9.40 Å². The number of sulfonamides is 1. The number of anilines is 1. The maximum atomic E-state index is 12.4. The number of halogens is 1. The number of nitrogens with zero attached hydrogens (tertiary/aromatic N) is 2. The van der Waals surface area contributed by atoms with Crippen molar-refractivity contribution in [2.75, 3.05) is 4.72 Å². The molecule has 0 radical (unpaired) electrons. The molecular weight excluding hydrogens is 298 g/mol. The molecule has 0 fully saturated rings. The lowest BCUT2D eigenvalue weighted by Gasteiger charge is -2.11. The lowest BCUT2D eigenvalue weighted by atomic mass is 10.2. The Bertz CT molecular complexity index is 766. The molecule has 0 unspecified atom stereocenters. The Morgan fingerprint density at radius 2 is 1.90 bits per heavy atom. The van der Waals surface area contributed by atoms with Crippen LogP contribution in [0, 0.1) is 20.8 Å². The first-order valence-corrected chi connectivity index (χ1v) is 7.87. The molecule has 0 aliphatic rings. The molecule has 0 atom stereocenters. The summed E-state index contributed by atoms with van der Waals surface area (Å²) in [6, 6.07) is 4.83. The third kappa shape index (κ3) is 2.66. The quantitative estimate of drug-likeness (QED) is 0.947. The fraction of sp³-hybridized carbons (Fsp3) is 0.308. The van der Waals surface area contributed by atoms with Crippen LogP contribution in [-0.2, 0) is 17.1 Å². The van der Waals surface area contributed by atoms with Crippen molar-refractivity contribution in [1.82, 2.24) is 9.78 Å². The summed E-state index contributed by atoms with van der Waals surface area (Å²) in [7, 11) is -2.05. The van der Waals surface area contributed by atoms with E-state index >= 15 is 0 Å². The van der Waals surface area contributed by atoms with E-state index in [1.165, 1.54) is 10.7 Å². The van der Waals surface area contributed by atoms with Crippen molar-refractivity contribution in [2.45, 2.75) is 25.7 Å². The molecule has 0 spiro atoms. The van der Waals surface area contributed by atoms with E-state index < -0.39 is 10.0 Å². The number of benzene rings is 1. The van der Waals surface area contributed by atoms with E-state index in [2.05, 4.69) is 9.82 Å². The molecule has 2 rings (SSSR count). The van der Waals surface area contributed by atoms with Crippen molar-refractivity contribution in [2.24, 2.45) is 7.05 Å². The zero-order chi connectivity index (χ0) is 15.1. The average Bonchev–Trinajstić information content (AvgIpc) is 2.55. The lowest BCUT2D eigenvalue weighted by molar-refractivity contribution is 0.600.